The maximum absolute atomic E-state index is 12.3. The predicted octanol–water partition coefficient (Wildman–Crippen LogP) is 2.88. The van der Waals surface area contributed by atoms with Gasteiger partial charge in [-0.1, -0.05) is 18.2 Å². The van der Waals surface area contributed by atoms with Gasteiger partial charge in [0.2, 0.25) is 0 Å². The molecule has 2 aromatic rings. The third-order valence-corrected chi connectivity index (χ3v) is 1.94. The molecule has 1 aromatic heterocycles. The number of alkyl halides is 2. The maximum Gasteiger partial charge on any atom is 0.280 e. The van der Waals surface area contributed by atoms with E-state index in [1.54, 1.807) is 12.1 Å². The van der Waals surface area contributed by atoms with Crippen molar-refractivity contribution in [1.29, 1.82) is 0 Å². The summed E-state index contributed by atoms with van der Waals surface area (Å²) in [6, 6.07) is 7.54. The first-order valence-corrected chi connectivity index (χ1v) is 4.05. The minimum Gasteiger partial charge on any atom is -0.506 e. The Kier molecular flexibility index (Phi) is 2.04. The van der Waals surface area contributed by atoms with E-state index in [0.717, 1.165) is 0 Å². The van der Waals surface area contributed by atoms with Gasteiger partial charge >= 0.3 is 0 Å². The molecule has 0 saturated carbocycles. The monoisotopic (exact) mass is 195 g/mol. The largest absolute Gasteiger partial charge is 0.506 e. The lowest BCUT2D eigenvalue weighted by atomic mass is 10.2. The number of para-hydroxylation sites is 1. The first kappa shape index (κ1) is 8.87. The van der Waals surface area contributed by atoms with Gasteiger partial charge in [-0.05, 0) is 12.1 Å². The van der Waals surface area contributed by atoms with Gasteiger partial charge < -0.3 is 5.11 Å². The zero-order valence-corrected chi connectivity index (χ0v) is 7.11. The fourth-order valence-electron chi connectivity index (χ4n) is 1.27. The molecule has 0 aliphatic heterocycles. The van der Waals surface area contributed by atoms with E-state index in [-0.39, 0.29) is 17.0 Å². The minimum absolute atomic E-state index is 0.0787. The molecule has 0 saturated heterocycles. The van der Waals surface area contributed by atoms with Crippen LogP contribution in [0.3, 0.4) is 0 Å². The van der Waals surface area contributed by atoms with Gasteiger partial charge in [-0.25, -0.2) is 13.8 Å². The summed E-state index contributed by atoms with van der Waals surface area (Å²) in [5, 5.41) is 10.0. The zero-order chi connectivity index (χ0) is 10.1. The predicted molar refractivity (Wildman–Crippen MR) is 48.4 cm³/mol. The summed E-state index contributed by atoms with van der Waals surface area (Å²) >= 11 is 0. The van der Waals surface area contributed by atoms with Gasteiger partial charge in [-0.3, -0.25) is 0 Å². The van der Waals surface area contributed by atoms with Gasteiger partial charge in [0.25, 0.3) is 6.43 Å². The number of fused-ring (bicyclic) bond motifs is 1. The minimum atomic E-state index is -2.61. The van der Waals surface area contributed by atoms with Gasteiger partial charge in [0.15, 0.2) is 0 Å². The lowest BCUT2D eigenvalue weighted by Gasteiger charge is -2.02. The smallest absolute Gasteiger partial charge is 0.280 e. The second-order valence-electron chi connectivity index (χ2n) is 2.89. The number of phenolic OH excluding ortho intramolecular Hbond substituents is 1. The van der Waals surface area contributed by atoms with E-state index in [0.29, 0.717) is 5.39 Å². The van der Waals surface area contributed by atoms with Crippen molar-refractivity contribution in [1.82, 2.24) is 4.98 Å². The maximum atomic E-state index is 12.3. The van der Waals surface area contributed by atoms with E-state index in [4.69, 9.17) is 0 Å². The van der Waals surface area contributed by atoms with Crippen LogP contribution in [0, 0.1) is 0 Å². The quantitative estimate of drug-likeness (QED) is 0.758. The van der Waals surface area contributed by atoms with Crippen molar-refractivity contribution in [2.45, 2.75) is 6.43 Å². The summed E-state index contributed by atoms with van der Waals surface area (Å²) in [6.07, 6.45) is -2.61. The summed E-state index contributed by atoms with van der Waals surface area (Å²) in [6.45, 7) is 0. The molecule has 1 N–H and O–H groups in total. The topological polar surface area (TPSA) is 33.1 Å². The highest BCUT2D eigenvalue weighted by molar-refractivity contribution is 5.84. The molecule has 0 radical (unpaired) electrons. The number of hydrogen-bond donors (Lipinski definition) is 1. The number of pyridine rings is 1. The third-order valence-electron chi connectivity index (χ3n) is 1.94. The number of aromatic hydroxyl groups is 1. The molecule has 4 heteroatoms. The van der Waals surface area contributed by atoms with Gasteiger partial charge in [0.05, 0.1) is 0 Å². The Morgan fingerprint density at radius 3 is 2.64 bits per heavy atom. The molecule has 1 heterocycles. The average Bonchev–Trinajstić information content (AvgIpc) is 2.18. The van der Waals surface area contributed by atoms with Crippen molar-refractivity contribution in [2.24, 2.45) is 0 Å². The number of nitrogens with zero attached hydrogens (tertiary/aromatic N) is 1. The summed E-state index contributed by atoms with van der Waals surface area (Å²) in [5.74, 6) is -0.0787. The van der Waals surface area contributed by atoms with Crippen LogP contribution in [0.2, 0.25) is 0 Å². The molecule has 2 rings (SSSR count). The summed E-state index contributed by atoms with van der Waals surface area (Å²) < 4.78 is 24.6. The van der Waals surface area contributed by atoms with E-state index in [2.05, 4.69) is 4.98 Å². The lowest BCUT2D eigenvalue weighted by Crippen LogP contribution is -1.90. The van der Waals surface area contributed by atoms with Crippen molar-refractivity contribution in [3.63, 3.8) is 0 Å². The molecule has 0 bridgehead atoms. The molecule has 0 fully saturated rings. The highest BCUT2D eigenvalue weighted by Crippen LogP contribution is 2.25. The molecule has 14 heavy (non-hydrogen) atoms. The Balaban J connectivity index is 2.70. The third kappa shape index (κ3) is 1.39. The lowest BCUT2D eigenvalue weighted by molar-refractivity contribution is 0.146. The first-order chi connectivity index (χ1) is 6.68. The van der Waals surface area contributed by atoms with Crippen molar-refractivity contribution in [2.75, 3.05) is 0 Å². The first-order valence-electron chi connectivity index (χ1n) is 4.05. The normalized spacial score (nSPS) is 11.1. The molecule has 0 unspecified atom stereocenters. The molecule has 0 spiro atoms. The van der Waals surface area contributed by atoms with Crippen LogP contribution < -0.4 is 0 Å². The van der Waals surface area contributed by atoms with Crippen LogP contribution in [-0.4, -0.2) is 10.1 Å². The van der Waals surface area contributed by atoms with Crippen molar-refractivity contribution in [3.8, 4) is 5.75 Å². The summed E-state index contributed by atoms with van der Waals surface area (Å²) in [7, 11) is 0. The van der Waals surface area contributed by atoms with Crippen LogP contribution in [-0.2, 0) is 0 Å². The highest BCUT2D eigenvalue weighted by Gasteiger charge is 2.10. The van der Waals surface area contributed by atoms with Crippen LogP contribution in [0.1, 0.15) is 12.1 Å². The number of benzene rings is 1. The molecular weight excluding hydrogens is 188 g/mol. The second-order valence-corrected chi connectivity index (χ2v) is 2.89. The van der Waals surface area contributed by atoms with E-state index < -0.39 is 6.43 Å². The fourth-order valence-corrected chi connectivity index (χ4v) is 1.27. The van der Waals surface area contributed by atoms with Gasteiger partial charge in [0.1, 0.15) is 17.0 Å². The molecular formula is C10H7F2NO. The number of hydrogen-bond acceptors (Lipinski definition) is 2. The number of phenols is 1. The van der Waals surface area contributed by atoms with Crippen molar-refractivity contribution >= 4 is 10.9 Å². The Hall–Kier alpha value is -1.71. The molecule has 1 aromatic carbocycles. The molecule has 0 aliphatic carbocycles. The Morgan fingerprint density at radius 1 is 1.14 bits per heavy atom. The fraction of sp³-hybridized carbons (Fsp3) is 0.100. The second kappa shape index (κ2) is 3.21. The van der Waals surface area contributed by atoms with Crippen LogP contribution in [0.25, 0.3) is 10.9 Å². The van der Waals surface area contributed by atoms with E-state index >= 15 is 0 Å². The zero-order valence-electron chi connectivity index (χ0n) is 7.11. The molecule has 0 aliphatic rings. The Labute approximate surface area is 78.8 Å². The molecule has 72 valence electrons. The summed E-state index contributed by atoms with van der Waals surface area (Å²) in [4.78, 5) is 3.67. The van der Waals surface area contributed by atoms with Crippen LogP contribution >= 0.6 is 0 Å². The molecule has 0 atom stereocenters. The van der Waals surface area contributed by atoms with Crippen LogP contribution in [0.5, 0.6) is 5.75 Å². The number of rotatable bonds is 1. The van der Waals surface area contributed by atoms with Crippen molar-refractivity contribution < 1.29 is 13.9 Å². The van der Waals surface area contributed by atoms with E-state index in [1.165, 1.54) is 18.2 Å². The number of aromatic nitrogens is 1. The van der Waals surface area contributed by atoms with E-state index in [9.17, 15) is 13.9 Å². The molecule has 2 nitrogen and oxygen atoms in total. The SMILES string of the molecule is Oc1cccc2ccc(C(F)F)nc12. The Bertz CT molecular complexity index is 471. The van der Waals surface area contributed by atoms with E-state index in [1.807, 2.05) is 0 Å². The van der Waals surface area contributed by atoms with Gasteiger partial charge in [-0.2, -0.15) is 0 Å². The van der Waals surface area contributed by atoms with Crippen LogP contribution in [0.15, 0.2) is 30.3 Å². The van der Waals surface area contributed by atoms with Crippen LogP contribution in [0.4, 0.5) is 8.78 Å². The van der Waals surface area contributed by atoms with Gasteiger partial charge in [-0.15, -0.1) is 0 Å². The highest BCUT2D eigenvalue weighted by atomic mass is 19.3. The standard InChI is InChI=1S/C10H7F2NO/c11-10(12)7-5-4-6-2-1-3-8(14)9(6)13-7/h1-5,10,14H. The molecule has 0 amide bonds. The number of halogens is 2. The van der Waals surface area contributed by atoms with Gasteiger partial charge in [0, 0.05) is 5.39 Å². The Morgan fingerprint density at radius 2 is 1.93 bits per heavy atom. The van der Waals surface area contributed by atoms with Crippen molar-refractivity contribution in [3.05, 3.63) is 36.0 Å². The summed E-state index contributed by atoms with van der Waals surface area (Å²) in [5.41, 5.74) is -0.107. The average molecular weight is 195 g/mol.